The molecule has 0 aromatic carbocycles. The first kappa shape index (κ1) is 18.1. The van der Waals surface area contributed by atoms with Crippen LogP contribution in [0.15, 0.2) is 4.79 Å². The van der Waals surface area contributed by atoms with Gasteiger partial charge in [-0.3, -0.25) is 4.98 Å². The largest absolute Gasteiger partial charge is 0.392 e. The third kappa shape index (κ3) is 5.72. The van der Waals surface area contributed by atoms with E-state index in [4.69, 9.17) is 5.14 Å². The van der Waals surface area contributed by atoms with E-state index in [0.29, 0.717) is 25.2 Å². The van der Waals surface area contributed by atoms with Crippen molar-refractivity contribution in [3.05, 3.63) is 16.3 Å². The van der Waals surface area contributed by atoms with E-state index in [-0.39, 0.29) is 17.5 Å². The molecule has 1 aromatic rings. The van der Waals surface area contributed by atoms with Crippen LogP contribution in [0.3, 0.4) is 0 Å². The zero-order valence-corrected chi connectivity index (χ0v) is 14.1. The van der Waals surface area contributed by atoms with Gasteiger partial charge >= 0.3 is 5.69 Å². The molecule has 2 heterocycles. The van der Waals surface area contributed by atoms with Crippen LogP contribution >= 0.6 is 0 Å². The first-order valence-corrected chi connectivity index (χ1v) is 9.52. The molecule has 9 nitrogen and oxygen atoms in total. The number of nitrogens with one attached hydrogen (secondary N) is 1. The van der Waals surface area contributed by atoms with Gasteiger partial charge in [-0.15, -0.1) is 0 Å². The second-order valence-corrected chi connectivity index (χ2v) is 7.89. The van der Waals surface area contributed by atoms with Crippen molar-refractivity contribution in [2.75, 3.05) is 25.4 Å². The maximum absolute atomic E-state index is 11.7. The van der Waals surface area contributed by atoms with Crippen molar-refractivity contribution in [3.63, 3.8) is 0 Å². The van der Waals surface area contributed by atoms with Gasteiger partial charge < -0.3 is 10.0 Å². The molecule has 1 aliphatic heterocycles. The number of nitrogens with zero attached hydrogens (tertiary/aromatic N) is 3. The normalized spacial score (nSPS) is 19.1. The third-order valence-electron chi connectivity index (χ3n) is 4.09. The average Bonchev–Trinajstić information content (AvgIpc) is 2.77. The van der Waals surface area contributed by atoms with Crippen molar-refractivity contribution in [1.82, 2.24) is 19.7 Å². The van der Waals surface area contributed by atoms with Crippen LogP contribution in [0.4, 0.5) is 0 Å². The highest BCUT2D eigenvalue weighted by Gasteiger charge is 2.24. The molecule has 0 spiro atoms. The van der Waals surface area contributed by atoms with Crippen LogP contribution in [-0.4, -0.2) is 64.7 Å². The van der Waals surface area contributed by atoms with Crippen molar-refractivity contribution in [1.29, 1.82) is 0 Å². The topological polar surface area (TPSA) is 134 Å². The van der Waals surface area contributed by atoms with Crippen LogP contribution in [0.5, 0.6) is 0 Å². The highest BCUT2D eigenvalue weighted by molar-refractivity contribution is 7.89. The molecule has 1 atom stereocenters. The van der Waals surface area contributed by atoms with Gasteiger partial charge in [0.25, 0.3) is 0 Å². The van der Waals surface area contributed by atoms with Crippen molar-refractivity contribution >= 4 is 10.0 Å². The fraction of sp³-hybridized carbons (Fsp3) is 0.846. The number of aliphatic hydroxyl groups excluding tert-OH is 1. The molecule has 0 aliphatic carbocycles. The lowest BCUT2D eigenvalue weighted by Gasteiger charge is -2.32. The lowest BCUT2D eigenvalue weighted by molar-refractivity contribution is 0.0828. The molecular formula is C13H25N5O4S. The number of aryl methyl sites for hydroxylation is 1. The molecular weight excluding hydrogens is 322 g/mol. The Morgan fingerprint density at radius 1 is 1.43 bits per heavy atom. The first-order valence-electron chi connectivity index (χ1n) is 7.81. The summed E-state index contributed by atoms with van der Waals surface area (Å²) in [5, 5.41) is 19.1. The molecule has 1 unspecified atom stereocenters. The predicted octanol–water partition coefficient (Wildman–Crippen LogP) is -1.05. The molecule has 0 saturated carbocycles. The van der Waals surface area contributed by atoms with Crippen LogP contribution in [0, 0.1) is 6.92 Å². The van der Waals surface area contributed by atoms with E-state index in [0.717, 1.165) is 25.9 Å². The Kier molecular flexibility index (Phi) is 5.95. The number of hydrogen-bond donors (Lipinski definition) is 3. The lowest BCUT2D eigenvalue weighted by Crippen LogP contribution is -2.41. The molecule has 0 amide bonds. The van der Waals surface area contributed by atoms with Crippen molar-refractivity contribution in [2.24, 2.45) is 5.14 Å². The number of likely N-dealkylation sites (tertiary alicyclic amines) is 1. The van der Waals surface area contributed by atoms with Crippen LogP contribution in [-0.2, 0) is 10.0 Å². The summed E-state index contributed by atoms with van der Waals surface area (Å²) in [6, 6.07) is 0.0863. The molecule has 1 saturated heterocycles. The number of piperidine rings is 1. The molecule has 0 bridgehead atoms. The Hall–Kier alpha value is -1.23. The zero-order chi connectivity index (χ0) is 17.0. The van der Waals surface area contributed by atoms with Crippen molar-refractivity contribution in [3.8, 4) is 0 Å². The van der Waals surface area contributed by atoms with Crippen LogP contribution in [0.25, 0.3) is 0 Å². The van der Waals surface area contributed by atoms with Crippen LogP contribution in [0.1, 0.15) is 37.5 Å². The van der Waals surface area contributed by atoms with Crippen molar-refractivity contribution < 1.29 is 13.5 Å². The summed E-state index contributed by atoms with van der Waals surface area (Å²) < 4.78 is 23.2. The van der Waals surface area contributed by atoms with E-state index in [1.54, 1.807) is 6.92 Å². The minimum absolute atomic E-state index is 0.0863. The van der Waals surface area contributed by atoms with Gasteiger partial charge in [0.15, 0.2) is 0 Å². The smallest absolute Gasteiger partial charge is 0.343 e. The first-order chi connectivity index (χ1) is 10.7. The van der Waals surface area contributed by atoms with Gasteiger partial charge in [-0.2, -0.15) is 5.10 Å². The molecule has 1 fully saturated rings. The summed E-state index contributed by atoms with van der Waals surface area (Å²) in [5.41, 5.74) is -0.177. The summed E-state index contributed by atoms with van der Waals surface area (Å²) in [5.74, 6) is 0.510. The Morgan fingerprint density at radius 3 is 2.61 bits per heavy atom. The Labute approximate surface area is 135 Å². The number of sulfonamides is 1. The average molecular weight is 347 g/mol. The van der Waals surface area contributed by atoms with E-state index in [1.165, 1.54) is 4.68 Å². The van der Waals surface area contributed by atoms with Crippen LogP contribution in [0.2, 0.25) is 0 Å². The second kappa shape index (κ2) is 7.56. The molecule has 0 radical (unpaired) electrons. The SMILES string of the molecule is Cc1nn(C2CCN(CC(O)CCCS(N)(=O)=O)CC2)c(=O)[nH]1. The van der Waals surface area contributed by atoms with E-state index < -0.39 is 16.1 Å². The predicted molar refractivity (Wildman–Crippen MR) is 85.5 cm³/mol. The van der Waals surface area contributed by atoms with E-state index in [2.05, 4.69) is 15.0 Å². The molecule has 10 heteroatoms. The number of aliphatic hydroxyl groups is 1. The number of hydrogen-bond acceptors (Lipinski definition) is 6. The fourth-order valence-electron chi connectivity index (χ4n) is 2.95. The standard InChI is InChI=1S/C13H25N5O4S/c1-10-15-13(20)18(16-10)11-4-6-17(7-5-11)9-12(19)3-2-8-23(14,21)22/h11-12,19H,2-9H2,1H3,(H2,14,21,22)(H,15,16,20). The monoisotopic (exact) mass is 347 g/mol. The molecule has 1 aromatic heterocycles. The summed E-state index contributed by atoms with van der Waals surface area (Å²) in [7, 11) is -3.46. The Morgan fingerprint density at radius 2 is 2.09 bits per heavy atom. The second-order valence-electron chi connectivity index (χ2n) is 6.15. The highest BCUT2D eigenvalue weighted by Crippen LogP contribution is 2.20. The number of nitrogens with two attached hydrogens (primary N) is 1. The quantitative estimate of drug-likeness (QED) is 0.576. The number of H-pyrrole nitrogens is 1. The molecule has 1 aliphatic rings. The zero-order valence-electron chi connectivity index (χ0n) is 13.3. The van der Waals surface area contributed by atoms with E-state index >= 15 is 0 Å². The van der Waals surface area contributed by atoms with Gasteiger partial charge in [0.2, 0.25) is 10.0 Å². The Balaban J connectivity index is 1.74. The number of aromatic nitrogens is 3. The lowest BCUT2D eigenvalue weighted by atomic mass is 10.0. The number of aromatic amines is 1. The highest BCUT2D eigenvalue weighted by atomic mass is 32.2. The summed E-state index contributed by atoms with van der Waals surface area (Å²) in [4.78, 5) is 16.5. The van der Waals surface area contributed by atoms with Gasteiger partial charge in [-0.25, -0.2) is 23.0 Å². The molecule has 4 N–H and O–H groups in total. The number of primary sulfonamides is 1. The minimum Gasteiger partial charge on any atom is -0.392 e. The maximum atomic E-state index is 11.7. The third-order valence-corrected chi connectivity index (χ3v) is 4.95. The van der Waals surface area contributed by atoms with Gasteiger partial charge in [-0.05, 0) is 32.6 Å². The fourth-order valence-corrected chi connectivity index (χ4v) is 3.52. The maximum Gasteiger partial charge on any atom is 0.343 e. The van der Waals surface area contributed by atoms with E-state index in [9.17, 15) is 18.3 Å². The number of β-amino-alcohol motifs (C(OH)–C–C–N with tert-alkyl or cyclic N) is 1. The van der Waals surface area contributed by atoms with Crippen molar-refractivity contribution in [2.45, 2.75) is 44.8 Å². The van der Waals surface area contributed by atoms with Gasteiger partial charge in [-0.1, -0.05) is 0 Å². The van der Waals surface area contributed by atoms with Gasteiger partial charge in [0.05, 0.1) is 17.9 Å². The minimum atomic E-state index is -3.46. The van der Waals surface area contributed by atoms with Gasteiger partial charge in [0, 0.05) is 19.6 Å². The summed E-state index contributed by atoms with van der Waals surface area (Å²) in [6.45, 7) is 3.81. The van der Waals surface area contributed by atoms with E-state index in [1.807, 2.05) is 0 Å². The molecule has 23 heavy (non-hydrogen) atoms. The molecule has 132 valence electrons. The number of rotatable bonds is 7. The van der Waals surface area contributed by atoms with Crippen LogP contribution < -0.4 is 10.8 Å². The van der Waals surface area contributed by atoms with Gasteiger partial charge in [0.1, 0.15) is 5.82 Å². The summed E-state index contributed by atoms with van der Waals surface area (Å²) in [6.07, 6.45) is 1.80. The Bertz CT molecular complexity index is 660. The molecule has 2 rings (SSSR count). The summed E-state index contributed by atoms with van der Waals surface area (Å²) >= 11 is 0.